The van der Waals surface area contributed by atoms with Crippen LogP contribution in [0.5, 0.6) is 0 Å². The lowest BCUT2D eigenvalue weighted by molar-refractivity contribution is 1.53. The van der Waals surface area contributed by atoms with E-state index in [2.05, 4.69) is 145 Å². The van der Waals surface area contributed by atoms with Crippen LogP contribution in [0, 0.1) is 0 Å². The Hall–Kier alpha value is -4.62. The first-order valence-corrected chi connectivity index (χ1v) is 12.0. The summed E-state index contributed by atoms with van der Waals surface area (Å²) in [4.78, 5) is 0. The van der Waals surface area contributed by atoms with Gasteiger partial charge >= 0.3 is 0 Å². The molecule has 0 radical (unpaired) electrons. The van der Waals surface area contributed by atoms with Gasteiger partial charge in [0.2, 0.25) is 0 Å². The molecule has 0 fully saturated rings. The first-order chi connectivity index (χ1) is 17.3. The van der Waals surface area contributed by atoms with Gasteiger partial charge in [-0.05, 0) is 68.4 Å². The summed E-state index contributed by atoms with van der Waals surface area (Å²) in [6, 6.07) is 51.5. The zero-order valence-electron chi connectivity index (χ0n) is 19.4. The first-order valence-electron chi connectivity index (χ1n) is 12.0. The SMILES string of the molecule is c1ccc(-c2ccc(Nc3ccc(-c4ccccc4)c(-c4cccc5ccccc45)c3)cc2)cc1. The molecule has 0 spiro atoms. The molecule has 0 aliphatic heterocycles. The van der Waals surface area contributed by atoms with Gasteiger partial charge in [-0.1, -0.05) is 121 Å². The minimum Gasteiger partial charge on any atom is -0.356 e. The van der Waals surface area contributed by atoms with Crippen molar-refractivity contribution in [3.05, 3.63) is 146 Å². The van der Waals surface area contributed by atoms with E-state index in [1.54, 1.807) is 0 Å². The highest BCUT2D eigenvalue weighted by Crippen LogP contribution is 2.38. The topological polar surface area (TPSA) is 12.0 Å². The van der Waals surface area contributed by atoms with Gasteiger partial charge in [0.15, 0.2) is 0 Å². The molecule has 6 rings (SSSR count). The van der Waals surface area contributed by atoms with Crippen molar-refractivity contribution < 1.29 is 0 Å². The van der Waals surface area contributed by atoms with E-state index in [4.69, 9.17) is 0 Å². The van der Waals surface area contributed by atoms with E-state index < -0.39 is 0 Å². The van der Waals surface area contributed by atoms with Crippen molar-refractivity contribution >= 4 is 22.1 Å². The smallest absolute Gasteiger partial charge is 0.0390 e. The maximum atomic E-state index is 3.62. The molecule has 0 aromatic heterocycles. The van der Waals surface area contributed by atoms with Crippen LogP contribution in [0.1, 0.15) is 0 Å². The Kier molecular flexibility index (Phi) is 5.58. The van der Waals surface area contributed by atoms with E-state index in [-0.39, 0.29) is 0 Å². The zero-order chi connectivity index (χ0) is 23.5. The third kappa shape index (κ3) is 4.32. The maximum absolute atomic E-state index is 3.62. The second-order valence-electron chi connectivity index (χ2n) is 8.72. The standard InChI is InChI=1S/C34H25N/c1-3-10-25(11-4-1)26-18-20-29(21-19-26)35-30-22-23-32(27-12-5-2-6-13-27)34(24-30)33-17-9-15-28-14-7-8-16-31(28)33/h1-24,35H. The first kappa shape index (κ1) is 20.9. The molecular weight excluding hydrogens is 422 g/mol. The molecule has 35 heavy (non-hydrogen) atoms. The predicted octanol–water partition coefficient (Wildman–Crippen LogP) is 9.58. The van der Waals surface area contributed by atoms with Crippen molar-refractivity contribution in [3.63, 3.8) is 0 Å². The Morgan fingerprint density at radius 1 is 0.343 bits per heavy atom. The van der Waals surface area contributed by atoms with E-state index in [9.17, 15) is 0 Å². The van der Waals surface area contributed by atoms with Crippen molar-refractivity contribution in [2.24, 2.45) is 0 Å². The van der Waals surface area contributed by atoms with Crippen LogP contribution < -0.4 is 5.32 Å². The summed E-state index contributed by atoms with van der Waals surface area (Å²) in [6.07, 6.45) is 0. The van der Waals surface area contributed by atoms with E-state index in [1.807, 2.05) is 6.07 Å². The summed E-state index contributed by atoms with van der Waals surface area (Å²) < 4.78 is 0. The van der Waals surface area contributed by atoms with Gasteiger partial charge in [-0.2, -0.15) is 0 Å². The molecule has 1 N–H and O–H groups in total. The summed E-state index contributed by atoms with van der Waals surface area (Å²) >= 11 is 0. The molecule has 1 nitrogen and oxygen atoms in total. The molecule has 0 saturated carbocycles. The van der Waals surface area contributed by atoms with Gasteiger partial charge < -0.3 is 5.32 Å². The average molecular weight is 448 g/mol. The lowest BCUT2D eigenvalue weighted by atomic mass is 9.91. The quantitative estimate of drug-likeness (QED) is 0.277. The number of fused-ring (bicyclic) bond motifs is 1. The fraction of sp³-hybridized carbons (Fsp3) is 0. The van der Waals surface area contributed by atoms with Crippen molar-refractivity contribution in [2.75, 3.05) is 5.32 Å². The predicted molar refractivity (Wildman–Crippen MR) is 150 cm³/mol. The number of anilines is 2. The van der Waals surface area contributed by atoms with Crippen molar-refractivity contribution in [1.29, 1.82) is 0 Å². The normalized spacial score (nSPS) is 10.9. The number of nitrogens with one attached hydrogen (secondary N) is 1. The molecule has 0 heterocycles. The van der Waals surface area contributed by atoms with E-state index in [0.717, 1.165) is 11.4 Å². The molecule has 0 saturated heterocycles. The lowest BCUT2D eigenvalue weighted by Crippen LogP contribution is -1.93. The molecular formula is C34H25N. The molecule has 0 unspecified atom stereocenters. The monoisotopic (exact) mass is 447 g/mol. The molecule has 0 bridgehead atoms. The molecule has 0 atom stereocenters. The summed E-state index contributed by atoms with van der Waals surface area (Å²) in [5.41, 5.74) is 9.49. The highest BCUT2D eigenvalue weighted by molar-refractivity contribution is 6.01. The zero-order valence-corrected chi connectivity index (χ0v) is 19.4. The summed E-state index contributed by atoms with van der Waals surface area (Å²) in [7, 11) is 0. The van der Waals surface area contributed by atoms with Crippen LogP contribution in [0.2, 0.25) is 0 Å². The fourth-order valence-electron chi connectivity index (χ4n) is 4.72. The van der Waals surface area contributed by atoms with Crippen molar-refractivity contribution in [3.8, 4) is 33.4 Å². The van der Waals surface area contributed by atoms with E-state index >= 15 is 0 Å². The molecule has 6 aromatic rings. The van der Waals surface area contributed by atoms with Crippen LogP contribution in [0.25, 0.3) is 44.2 Å². The number of hydrogen-bond acceptors (Lipinski definition) is 1. The van der Waals surface area contributed by atoms with Crippen molar-refractivity contribution in [2.45, 2.75) is 0 Å². The summed E-state index contributed by atoms with van der Waals surface area (Å²) in [6.45, 7) is 0. The highest BCUT2D eigenvalue weighted by Gasteiger charge is 2.12. The largest absolute Gasteiger partial charge is 0.356 e. The average Bonchev–Trinajstić information content (AvgIpc) is 2.94. The molecule has 166 valence electrons. The highest BCUT2D eigenvalue weighted by atomic mass is 14.9. The summed E-state index contributed by atoms with van der Waals surface area (Å²) in [5, 5.41) is 6.13. The number of rotatable bonds is 5. The Balaban J connectivity index is 1.41. The van der Waals surface area contributed by atoms with Crippen LogP contribution in [-0.2, 0) is 0 Å². The molecule has 0 amide bonds. The molecule has 1 heteroatoms. The van der Waals surface area contributed by atoms with Gasteiger partial charge in [-0.15, -0.1) is 0 Å². The lowest BCUT2D eigenvalue weighted by Gasteiger charge is -2.16. The van der Waals surface area contributed by atoms with Gasteiger partial charge in [0.05, 0.1) is 0 Å². The molecule has 6 aromatic carbocycles. The van der Waals surface area contributed by atoms with Gasteiger partial charge in [0, 0.05) is 11.4 Å². The summed E-state index contributed by atoms with van der Waals surface area (Å²) in [5.74, 6) is 0. The Labute approximate surface area is 206 Å². The minimum absolute atomic E-state index is 1.07. The number of benzene rings is 6. The third-order valence-electron chi connectivity index (χ3n) is 6.46. The van der Waals surface area contributed by atoms with Crippen molar-refractivity contribution in [1.82, 2.24) is 0 Å². The van der Waals surface area contributed by atoms with Gasteiger partial charge in [0.1, 0.15) is 0 Å². The van der Waals surface area contributed by atoms with Crippen LogP contribution >= 0.6 is 0 Å². The Morgan fingerprint density at radius 3 is 1.71 bits per heavy atom. The second kappa shape index (κ2) is 9.32. The van der Waals surface area contributed by atoms with Gasteiger partial charge in [-0.3, -0.25) is 0 Å². The second-order valence-corrected chi connectivity index (χ2v) is 8.72. The third-order valence-corrected chi connectivity index (χ3v) is 6.46. The van der Waals surface area contributed by atoms with Gasteiger partial charge in [0.25, 0.3) is 0 Å². The fourth-order valence-corrected chi connectivity index (χ4v) is 4.72. The number of hydrogen-bond donors (Lipinski definition) is 1. The molecule has 0 aliphatic carbocycles. The Bertz CT molecular complexity index is 1580. The van der Waals surface area contributed by atoms with E-state index in [1.165, 1.54) is 44.2 Å². The van der Waals surface area contributed by atoms with E-state index in [0.29, 0.717) is 0 Å². The van der Waals surface area contributed by atoms with Crippen LogP contribution in [0.4, 0.5) is 11.4 Å². The van der Waals surface area contributed by atoms with Crippen LogP contribution in [-0.4, -0.2) is 0 Å². The molecule has 0 aliphatic rings. The Morgan fingerprint density at radius 2 is 0.943 bits per heavy atom. The van der Waals surface area contributed by atoms with Crippen LogP contribution in [0.3, 0.4) is 0 Å². The van der Waals surface area contributed by atoms with Crippen LogP contribution in [0.15, 0.2) is 146 Å². The minimum atomic E-state index is 1.07. The maximum Gasteiger partial charge on any atom is 0.0390 e. The van der Waals surface area contributed by atoms with Gasteiger partial charge in [-0.25, -0.2) is 0 Å².